The number of nitrogen functional groups attached to an aromatic ring is 1. The normalized spacial score (nSPS) is 12.1. The van der Waals surface area contributed by atoms with Gasteiger partial charge in [-0.25, -0.2) is 0 Å². The van der Waals surface area contributed by atoms with Gasteiger partial charge in [0.2, 0.25) is 5.56 Å². The zero-order valence-electron chi connectivity index (χ0n) is 20.9. The molecule has 7 nitrogen and oxygen atoms in total. The minimum Gasteiger partial charge on any atom is -0.506 e. The van der Waals surface area contributed by atoms with Crippen LogP contribution in [-0.4, -0.2) is 35.4 Å². The zero-order chi connectivity index (χ0) is 26.6. The molecule has 6 N–H and O–H groups in total. The summed E-state index contributed by atoms with van der Waals surface area (Å²) in [5, 5.41) is 28.9. The number of aromatic amines is 1. The van der Waals surface area contributed by atoms with Crippen LogP contribution < -0.4 is 21.3 Å². The number of benzene rings is 3. The van der Waals surface area contributed by atoms with Crippen molar-refractivity contribution in [3.63, 3.8) is 0 Å². The number of aliphatic hydroxyl groups excluding tert-OH is 1. The second-order valence-electron chi connectivity index (χ2n) is 9.10. The molecule has 0 unspecified atom stereocenters. The molecule has 0 aliphatic rings. The minimum absolute atomic E-state index is 0.0298. The van der Waals surface area contributed by atoms with Crippen molar-refractivity contribution in [1.82, 2.24) is 10.3 Å². The van der Waals surface area contributed by atoms with Crippen LogP contribution in [0.15, 0.2) is 82.3 Å². The maximum atomic E-state index is 11.6. The van der Waals surface area contributed by atoms with Crippen LogP contribution in [0.2, 0.25) is 0 Å². The summed E-state index contributed by atoms with van der Waals surface area (Å²) in [6.07, 6.45) is -0.109. The lowest BCUT2D eigenvalue weighted by molar-refractivity contribution is 0.176. The average Bonchev–Trinajstić information content (AvgIpc) is 3.47. The SMILES string of the molecule is COc1ccc(-c2ccc(CCNC[C@H](O)c3ccc(O)c4[nH]c(=O)ccc34)c(N)c2)cc1-c1ccsc1. The third kappa shape index (κ3) is 5.28. The molecular formula is C30H29N3O4S. The molecule has 0 fully saturated rings. The van der Waals surface area contributed by atoms with E-state index in [1.807, 2.05) is 24.3 Å². The Labute approximate surface area is 224 Å². The van der Waals surface area contributed by atoms with Crippen molar-refractivity contribution >= 4 is 27.9 Å². The van der Waals surface area contributed by atoms with E-state index >= 15 is 0 Å². The fraction of sp³-hybridized carbons (Fsp3) is 0.167. The summed E-state index contributed by atoms with van der Waals surface area (Å²) in [6, 6.07) is 20.5. The maximum absolute atomic E-state index is 11.6. The highest BCUT2D eigenvalue weighted by Crippen LogP contribution is 2.36. The number of thiophene rings is 1. The van der Waals surface area contributed by atoms with Gasteiger partial charge in [0.05, 0.1) is 18.7 Å². The number of nitrogens with two attached hydrogens (primary N) is 1. The number of aromatic hydroxyl groups is 1. The lowest BCUT2D eigenvalue weighted by atomic mass is 9.97. The molecular weight excluding hydrogens is 498 g/mol. The van der Waals surface area contributed by atoms with Crippen molar-refractivity contribution in [3.05, 3.63) is 99.0 Å². The van der Waals surface area contributed by atoms with Gasteiger partial charge >= 0.3 is 0 Å². The Morgan fingerprint density at radius 1 is 1.03 bits per heavy atom. The molecule has 0 aliphatic heterocycles. The quantitative estimate of drug-likeness (QED) is 0.135. The number of aliphatic hydroxyl groups is 1. The number of hydrogen-bond acceptors (Lipinski definition) is 7. The molecule has 2 aromatic heterocycles. The van der Waals surface area contributed by atoms with Crippen LogP contribution in [-0.2, 0) is 6.42 Å². The number of rotatable bonds is 9. The Morgan fingerprint density at radius 3 is 2.61 bits per heavy atom. The first kappa shape index (κ1) is 25.5. The number of methoxy groups -OCH3 is 1. The number of H-pyrrole nitrogens is 1. The monoisotopic (exact) mass is 527 g/mol. The highest BCUT2D eigenvalue weighted by atomic mass is 32.1. The predicted octanol–water partition coefficient (Wildman–Crippen LogP) is 5.09. The summed E-state index contributed by atoms with van der Waals surface area (Å²) >= 11 is 1.65. The van der Waals surface area contributed by atoms with Crippen LogP contribution in [0.3, 0.4) is 0 Å². The molecule has 5 rings (SSSR count). The molecule has 38 heavy (non-hydrogen) atoms. The maximum Gasteiger partial charge on any atom is 0.248 e. The molecule has 0 bridgehead atoms. The molecule has 1 atom stereocenters. The van der Waals surface area contributed by atoms with E-state index in [0.717, 1.165) is 33.6 Å². The molecule has 0 spiro atoms. The van der Waals surface area contributed by atoms with Crippen LogP contribution in [0, 0.1) is 0 Å². The molecule has 0 saturated heterocycles. The summed E-state index contributed by atoms with van der Waals surface area (Å²) < 4.78 is 5.56. The first-order valence-electron chi connectivity index (χ1n) is 12.3. The van der Waals surface area contributed by atoms with Crippen LogP contribution in [0.5, 0.6) is 11.5 Å². The number of fused-ring (bicyclic) bond motifs is 1. The van der Waals surface area contributed by atoms with Gasteiger partial charge in [-0.15, -0.1) is 0 Å². The smallest absolute Gasteiger partial charge is 0.248 e. The van der Waals surface area contributed by atoms with Gasteiger partial charge in [-0.1, -0.05) is 24.3 Å². The Hall–Kier alpha value is -4.11. The molecule has 0 aliphatic carbocycles. The lowest BCUT2D eigenvalue weighted by Crippen LogP contribution is -2.24. The van der Waals surface area contributed by atoms with Crippen LogP contribution in [0.25, 0.3) is 33.2 Å². The zero-order valence-corrected chi connectivity index (χ0v) is 21.7. The van der Waals surface area contributed by atoms with E-state index in [1.54, 1.807) is 30.6 Å². The second kappa shape index (κ2) is 11.1. The number of anilines is 1. The van der Waals surface area contributed by atoms with Gasteiger partial charge in [-0.2, -0.15) is 11.3 Å². The molecule has 0 radical (unpaired) electrons. The Kier molecular flexibility index (Phi) is 7.46. The number of nitrogens with one attached hydrogen (secondary N) is 2. The number of phenolic OH excluding ortho intramolecular Hbond substituents is 1. The van der Waals surface area contributed by atoms with Crippen molar-refractivity contribution < 1.29 is 14.9 Å². The molecule has 8 heteroatoms. The first-order valence-corrected chi connectivity index (χ1v) is 13.2. The van der Waals surface area contributed by atoms with E-state index in [0.29, 0.717) is 41.7 Å². The highest BCUT2D eigenvalue weighted by Gasteiger charge is 2.14. The summed E-state index contributed by atoms with van der Waals surface area (Å²) in [6.45, 7) is 0.937. The Morgan fingerprint density at radius 2 is 1.84 bits per heavy atom. The summed E-state index contributed by atoms with van der Waals surface area (Å²) in [5.41, 5.74) is 13.1. The predicted molar refractivity (Wildman–Crippen MR) is 154 cm³/mol. The third-order valence-electron chi connectivity index (χ3n) is 6.69. The second-order valence-corrected chi connectivity index (χ2v) is 9.88. The number of ether oxygens (including phenoxy) is 1. The summed E-state index contributed by atoms with van der Waals surface area (Å²) in [4.78, 5) is 14.2. The largest absolute Gasteiger partial charge is 0.506 e. The van der Waals surface area contributed by atoms with Gasteiger partial charge < -0.3 is 31.0 Å². The van der Waals surface area contributed by atoms with E-state index < -0.39 is 6.10 Å². The van der Waals surface area contributed by atoms with E-state index in [1.165, 1.54) is 12.1 Å². The van der Waals surface area contributed by atoms with Gasteiger partial charge in [-0.3, -0.25) is 4.79 Å². The van der Waals surface area contributed by atoms with Crippen LogP contribution in [0.1, 0.15) is 17.2 Å². The van der Waals surface area contributed by atoms with E-state index in [4.69, 9.17) is 10.5 Å². The van der Waals surface area contributed by atoms with E-state index in [9.17, 15) is 15.0 Å². The molecule has 0 saturated carbocycles. The standard InChI is InChI=1S/C30H29N3O4S/c1-37-28-8-4-19(14-24(28)21-11-13-38-17-21)20-3-2-18(25(31)15-20)10-12-32-16-27(35)22-5-7-26(34)30-23(22)6-9-29(36)33-30/h2-9,11,13-15,17,27,32,34-35H,10,12,16,31H2,1H3,(H,33,36)/t27-/m0/s1. The van der Waals surface area contributed by atoms with Crippen LogP contribution in [0.4, 0.5) is 5.69 Å². The summed E-state index contributed by atoms with van der Waals surface area (Å²) in [5.74, 6) is 0.802. The Bertz CT molecular complexity index is 1630. The number of hydrogen-bond donors (Lipinski definition) is 5. The van der Waals surface area contributed by atoms with Crippen molar-refractivity contribution in [2.24, 2.45) is 0 Å². The third-order valence-corrected chi connectivity index (χ3v) is 7.37. The van der Waals surface area contributed by atoms with Crippen LogP contribution >= 0.6 is 11.3 Å². The highest BCUT2D eigenvalue weighted by molar-refractivity contribution is 7.08. The van der Waals surface area contributed by atoms with E-state index in [-0.39, 0.29) is 11.3 Å². The van der Waals surface area contributed by atoms with Gasteiger partial charge in [0.25, 0.3) is 0 Å². The summed E-state index contributed by atoms with van der Waals surface area (Å²) in [7, 11) is 1.68. The molecule has 2 heterocycles. The van der Waals surface area contributed by atoms with Crippen molar-refractivity contribution in [2.45, 2.75) is 12.5 Å². The van der Waals surface area contributed by atoms with Crippen molar-refractivity contribution in [2.75, 3.05) is 25.9 Å². The topological polar surface area (TPSA) is 121 Å². The molecule has 5 aromatic rings. The fourth-order valence-corrected chi connectivity index (χ4v) is 5.31. The van der Waals surface area contributed by atoms with Gasteiger partial charge in [0.15, 0.2) is 0 Å². The minimum atomic E-state index is -0.809. The van der Waals surface area contributed by atoms with Gasteiger partial charge in [-0.05, 0) is 87.9 Å². The number of pyridine rings is 1. The molecule has 194 valence electrons. The Balaban J connectivity index is 1.24. The number of phenols is 1. The number of aromatic nitrogens is 1. The lowest BCUT2D eigenvalue weighted by Gasteiger charge is -2.16. The van der Waals surface area contributed by atoms with Crippen molar-refractivity contribution in [3.8, 4) is 33.8 Å². The fourth-order valence-electron chi connectivity index (χ4n) is 4.65. The van der Waals surface area contributed by atoms with Crippen molar-refractivity contribution in [1.29, 1.82) is 0 Å². The average molecular weight is 528 g/mol. The van der Waals surface area contributed by atoms with Gasteiger partial charge in [0.1, 0.15) is 11.5 Å². The molecule has 0 amide bonds. The van der Waals surface area contributed by atoms with E-state index in [2.05, 4.69) is 39.3 Å². The molecule has 3 aromatic carbocycles. The van der Waals surface area contributed by atoms with Gasteiger partial charge in [0, 0.05) is 29.2 Å². The first-order chi connectivity index (χ1) is 18.4.